The molecule has 2 aromatic heterocycles. The fourth-order valence-corrected chi connectivity index (χ4v) is 1.38. The number of allylic oxidation sites excluding steroid dienone is 1. The van der Waals surface area contributed by atoms with Crippen LogP contribution in [0.2, 0.25) is 0 Å². The van der Waals surface area contributed by atoms with Crippen molar-refractivity contribution in [3.8, 4) is 6.07 Å². The zero-order chi connectivity index (χ0) is 11.5. The Balaban J connectivity index is 2.59. The van der Waals surface area contributed by atoms with E-state index in [2.05, 4.69) is 9.97 Å². The topological polar surface area (TPSA) is 95.6 Å². The van der Waals surface area contributed by atoms with E-state index in [1.54, 1.807) is 12.1 Å². The number of nitrogens with one attached hydrogen (secondary N) is 1. The Kier molecular flexibility index (Phi) is 2.36. The van der Waals surface area contributed by atoms with Gasteiger partial charge in [0, 0.05) is 12.3 Å². The van der Waals surface area contributed by atoms with Gasteiger partial charge in [-0.15, -0.1) is 0 Å². The number of hydrogen-bond acceptors (Lipinski definition) is 4. The minimum Gasteiger partial charge on any atom is -0.340 e. The molecular formula is C10H6N4O2. The number of aromatic nitrogens is 2. The minimum atomic E-state index is -0.474. The van der Waals surface area contributed by atoms with Crippen LogP contribution >= 0.6 is 0 Å². The first-order chi connectivity index (χ1) is 7.72. The minimum absolute atomic E-state index is 0.0188. The molecule has 2 aromatic rings. The molecule has 6 nitrogen and oxygen atoms in total. The van der Waals surface area contributed by atoms with Crippen LogP contribution in [-0.4, -0.2) is 14.9 Å². The molecule has 2 rings (SSSR count). The van der Waals surface area contributed by atoms with Gasteiger partial charge in [0.2, 0.25) is 0 Å². The maximum atomic E-state index is 10.7. The zero-order valence-electron chi connectivity index (χ0n) is 8.04. The van der Waals surface area contributed by atoms with Gasteiger partial charge in [-0.2, -0.15) is 5.26 Å². The second-order valence-electron chi connectivity index (χ2n) is 3.06. The highest BCUT2D eigenvalue weighted by Crippen LogP contribution is 2.24. The number of rotatable bonds is 2. The maximum absolute atomic E-state index is 10.7. The summed E-state index contributed by atoms with van der Waals surface area (Å²) in [6.45, 7) is 0. The summed E-state index contributed by atoms with van der Waals surface area (Å²) >= 11 is 0. The molecule has 0 aliphatic rings. The first-order valence-electron chi connectivity index (χ1n) is 4.40. The van der Waals surface area contributed by atoms with Gasteiger partial charge >= 0.3 is 0 Å². The Morgan fingerprint density at radius 3 is 3.12 bits per heavy atom. The number of nitrogens with zero attached hydrogens (tertiary/aromatic N) is 3. The van der Waals surface area contributed by atoms with Crippen molar-refractivity contribution in [3.63, 3.8) is 0 Å². The van der Waals surface area contributed by atoms with Crippen molar-refractivity contribution in [2.75, 3.05) is 0 Å². The maximum Gasteiger partial charge on any atom is 0.296 e. The fraction of sp³-hybridized carbons (Fsp3) is 0. The van der Waals surface area contributed by atoms with Gasteiger partial charge in [0.1, 0.15) is 5.65 Å². The van der Waals surface area contributed by atoms with Crippen LogP contribution < -0.4 is 0 Å². The lowest BCUT2D eigenvalue weighted by atomic mass is 10.2. The molecular weight excluding hydrogens is 208 g/mol. The fourth-order valence-electron chi connectivity index (χ4n) is 1.38. The predicted octanol–water partition coefficient (Wildman–Crippen LogP) is 2.01. The highest BCUT2D eigenvalue weighted by atomic mass is 16.6. The highest BCUT2D eigenvalue weighted by Gasteiger charge is 2.14. The third-order valence-corrected chi connectivity index (χ3v) is 2.08. The Hall–Kier alpha value is -2.68. The summed E-state index contributed by atoms with van der Waals surface area (Å²) in [6, 6.07) is 3.46. The zero-order valence-corrected chi connectivity index (χ0v) is 8.04. The summed E-state index contributed by atoms with van der Waals surface area (Å²) in [5.41, 5.74) is 1.09. The van der Waals surface area contributed by atoms with Crippen LogP contribution in [0.1, 0.15) is 5.56 Å². The number of nitriles is 1. The summed E-state index contributed by atoms with van der Waals surface area (Å²) in [4.78, 5) is 16.9. The van der Waals surface area contributed by atoms with Gasteiger partial charge < -0.3 is 4.98 Å². The van der Waals surface area contributed by atoms with E-state index < -0.39 is 4.92 Å². The van der Waals surface area contributed by atoms with E-state index in [9.17, 15) is 10.1 Å². The summed E-state index contributed by atoms with van der Waals surface area (Å²) in [7, 11) is 0. The highest BCUT2D eigenvalue weighted by molar-refractivity contribution is 5.87. The Bertz CT molecular complexity index is 621. The van der Waals surface area contributed by atoms with Crippen LogP contribution in [0.25, 0.3) is 17.1 Å². The molecule has 0 spiro atoms. The van der Waals surface area contributed by atoms with Crippen LogP contribution in [0.5, 0.6) is 0 Å². The molecule has 0 aromatic carbocycles. The molecule has 0 saturated heterocycles. The third kappa shape index (κ3) is 1.62. The first kappa shape index (κ1) is 9.86. The lowest BCUT2D eigenvalue weighted by Gasteiger charge is -1.92. The van der Waals surface area contributed by atoms with Gasteiger partial charge in [0.25, 0.3) is 5.69 Å². The van der Waals surface area contributed by atoms with Gasteiger partial charge in [0.05, 0.1) is 22.6 Å². The molecule has 1 N–H and O–H groups in total. The summed E-state index contributed by atoms with van der Waals surface area (Å²) < 4.78 is 0. The average Bonchev–Trinajstić information content (AvgIpc) is 2.69. The van der Waals surface area contributed by atoms with Crippen molar-refractivity contribution in [1.82, 2.24) is 9.97 Å². The van der Waals surface area contributed by atoms with Crippen LogP contribution in [0.4, 0.5) is 5.69 Å². The Morgan fingerprint density at radius 2 is 2.44 bits per heavy atom. The lowest BCUT2D eigenvalue weighted by molar-refractivity contribution is -0.383. The van der Waals surface area contributed by atoms with Crippen molar-refractivity contribution in [1.29, 1.82) is 5.26 Å². The molecule has 0 aliphatic carbocycles. The molecule has 0 unspecified atom stereocenters. The summed E-state index contributed by atoms with van der Waals surface area (Å²) in [6.07, 6.45) is 5.68. The van der Waals surface area contributed by atoms with E-state index in [1.807, 2.05) is 6.07 Å². The molecule has 78 valence electrons. The largest absolute Gasteiger partial charge is 0.340 e. The average molecular weight is 214 g/mol. The Morgan fingerprint density at radius 1 is 1.62 bits per heavy atom. The standard InChI is InChI=1S/C10H6N4O2/c11-3-1-2-7-4-8-9(14(15)16)6-13-10(8)12-5-7/h1-2,4-6H,(H,12,13). The summed E-state index contributed by atoms with van der Waals surface area (Å²) in [5.74, 6) is 0. The van der Waals surface area contributed by atoms with Crippen molar-refractivity contribution < 1.29 is 4.92 Å². The normalized spacial score (nSPS) is 10.7. The Labute approximate surface area is 90.0 Å². The van der Waals surface area contributed by atoms with Gasteiger partial charge in [0.15, 0.2) is 0 Å². The van der Waals surface area contributed by atoms with Gasteiger partial charge in [-0.1, -0.05) is 0 Å². The number of nitro groups is 1. The second kappa shape index (κ2) is 3.82. The van der Waals surface area contributed by atoms with E-state index in [4.69, 9.17) is 5.26 Å². The molecule has 16 heavy (non-hydrogen) atoms. The molecule has 6 heteroatoms. The van der Waals surface area contributed by atoms with Crippen LogP contribution in [-0.2, 0) is 0 Å². The molecule has 0 bridgehead atoms. The van der Waals surface area contributed by atoms with Crippen LogP contribution in [0, 0.1) is 21.4 Å². The van der Waals surface area contributed by atoms with E-state index in [1.165, 1.54) is 18.5 Å². The molecule has 0 amide bonds. The predicted molar refractivity (Wildman–Crippen MR) is 57.4 cm³/mol. The van der Waals surface area contributed by atoms with E-state index in [0.29, 0.717) is 16.6 Å². The number of aromatic amines is 1. The quantitative estimate of drug-likeness (QED) is 0.469. The van der Waals surface area contributed by atoms with Crippen molar-refractivity contribution in [2.45, 2.75) is 0 Å². The van der Waals surface area contributed by atoms with Crippen LogP contribution in [0.15, 0.2) is 24.5 Å². The number of pyridine rings is 1. The molecule has 0 saturated carbocycles. The van der Waals surface area contributed by atoms with E-state index in [0.717, 1.165) is 0 Å². The SMILES string of the molecule is N#CC=Cc1cnc2[nH]cc([N+](=O)[O-])c2c1. The number of fused-ring (bicyclic) bond motifs is 1. The number of hydrogen-bond donors (Lipinski definition) is 1. The molecule has 0 aliphatic heterocycles. The second-order valence-corrected chi connectivity index (χ2v) is 3.06. The van der Waals surface area contributed by atoms with Gasteiger partial charge in [-0.3, -0.25) is 10.1 Å². The molecule has 0 fully saturated rings. The first-order valence-corrected chi connectivity index (χ1v) is 4.40. The smallest absolute Gasteiger partial charge is 0.296 e. The van der Waals surface area contributed by atoms with Crippen molar-refractivity contribution >= 4 is 22.8 Å². The monoisotopic (exact) mass is 214 g/mol. The van der Waals surface area contributed by atoms with Crippen LogP contribution in [0.3, 0.4) is 0 Å². The summed E-state index contributed by atoms with van der Waals surface area (Å²) in [5, 5.41) is 19.5. The van der Waals surface area contributed by atoms with E-state index >= 15 is 0 Å². The van der Waals surface area contributed by atoms with Gasteiger partial charge in [-0.25, -0.2) is 4.98 Å². The molecule has 0 atom stereocenters. The molecule has 2 heterocycles. The third-order valence-electron chi connectivity index (χ3n) is 2.08. The van der Waals surface area contributed by atoms with Crippen molar-refractivity contribution in [3.05, 3.63) is 40.2 Å². The lowest BCUT2D eigenvalue weighted by Crippen LogP contribution is -1.86. The number of H-pyrrole nitrogens is 1. The van der Waals surface area contributed by atoms with Crippen molar-refractivity contribution in [2.24, 2.45) is 0 Å². The van der Waals surface area contributed by atoms with Gasteiger partial charge in [-0.05, 0) is 17.7 Å². The van der Waals surface area contributed by atoms with E-state index in [-0.39, 0.29) is 5.69 Å². The molecule has 0 radical (unpaired) electrons.